The van der Waals surface area contributed by atoms with Crippen LogP contribution in [0.4, 0.5) is 0 Å². The van der Waals surface area contributed by atoms with E-state index in [2.05, 4.69) is 48.8 Å². The molecule has 1 unspecified atom stereocenters. The number of aryl methyl sites for hydroxylation is 1. The molecule has 1 aromatic heterocycles. The van der Waals surface area contributed by atoms with Crippen molar-refractivity contribution < 1.29 is 0 Å². The molecule has 0 aliphatic carbocycles. The number of benzene rings is 1. The molecule has 0 aliphatic heterocycles. The van der Waals surface area contributed by atoms with Crippen molar-refractivity contribution in [2.24, 2.45) is 7.05 Å². The molecule has 0 fully saturated rings. The van der Waals surface area contributed by atoms with Gasteiger partial charge < -0.3 is 5.32 Å². The third kappa shape index (κ3) is 3.36. The van der Waals surface area contributed by atoms with E-state index in [0.717, 1.165) is 23.3 Å². The number of nitrogens with one attached hydrogen (secondary N) is 1. The van der Waals surface area contributed by atoms with Crippen LogP contribution in [0, 0.1) is 0 Å². The average molecular weight is 310 g/mol. The zero-order valence-electron chi connectivity index (χ0n) is 10.5. The quantitative estimate of drug-likeness (QED) is 0.910. The van der Waals surface area contributed by atoms with Gasteiger partial charge in [0.25, 0.3) is 0 Å². The predicted octanol–water partition coefficient (Wildman–Crippen LogP) is 1.52. The van der Waals surface area contributed by atoms with E-state index < -0.39 is 0 Å². The van der Waals surface area contributed by atoms with Crippen LogP contribution in [0.1, 0.15) is 17.3 Å². The molecule has 6 heteroatoms. The number of tetrazole rings is 1. The van der Waals surface area contributed by atoms with Crippen molar-refractivity contribution >= 4 is 15.9 Å². The second kappa shape index (κ2) is 6.06. The summed E-state index contributed by atoms with van der Waals surface area (Å²) in [6.45, 7) is 0.884. The van der Waals surface area contributed by atoms with Gasteiger partial charge in [0.15, 0.2) is 5.82 Å². The lowest BCUT2D eigenvalue weighted by Gasteiger charge is -2.15. The standard InChI is InChI=1S/C12H16BrN5/c1-14-8-10(7-12-15-17-18(2)16-12)9-4-3-5-11(13)6-9/h3-6,10,14H,7-8H2,1-2H3. The summed E-state index contributed by atoms with van der Waals surface area (Å²) in [5.41, 5.74) is 1.27. The maximum absolute atomic E-state index is 4.24. The van der Waals surface area contributed by atoms with Crippen LogP contribution < -0.4 is 5.32 Å². The van der Waals surface area contributed by atoms with Crippen molar-refractivity contribution in [2.75, 3.05) is 13.6 Å². The molecule has 5 nitrogen and oxygen atoms in total. The fourth-order valence-corrected chi connectivity index (χ4v) is 2.36. The van der Waals surface area contributed by atoms with Crippen molar-refractivity contribution in [1.29, 1.82) is 0 Å². The monoisotopic (exact) mass is 309 g/mol. The Morgan fingerprint density at radius 3 is 2.89 bits per heavy atom. The van der Waals surface area contributed by atoms with Crippen molar-refractivity contribution in [2.45, 2.75) is 12.3 Å². The van der Waals surface area contributed by atoms with E-state index in [1.165, 1.54) is 10.4 Å². The van der Waals surface area contributed by atoms with Gasteiger partial charge in [-0.15, -0.1) is 10.2 Å². The number of hydrogen-bond donors (Lipinski definition) is 1. The molecule has 1 heterocycles. The normalized spacial score (nSPS) is 12.6. The summed E-state index contributed by atoms with van der Waals surface area (Å²) in [6.07, 6.45) is 0.783. The first kappa shape index (κ1) is 13.2. The Bertz CT molecular complexity index is 511. The fourth-order valence-electron chi connectivity index (χ4n) is 1.94. The smallest absolute Gasteiger partial charge is 0.175 e. The third-order valence-corrected chi connectivity index (χ3v) is 3.24. The van der Waals surface area contributed by atoms with Crippen LogP contribution in [0.2, 0.25) is 0 Å². The first-order valence-electron chi connectivity index (χ1n) is 5.82. The molecule has 96 valence electrons. The molecule has 0 saturated carbocycles. The summed E-state index contributed by atoms with van der Waals surface area (Å²) in [4.78, 5) is 1.49. The Morgan fingerprint density at radius 2 is 2.28 bits per heavy atom. The van der Waals surface area contributed by atoms with E-state index in [1.54, 1.807) is 7.05 Å². The van der Waals surface area contributed by atoms with Gasteiger partial charge in [0.2, 0.25) is 0 Å². The van der Waals surface area contributed by atoms with Crippen molar-refractivity contribution in [3.05, 3.63) is 40.1 Å². The number of nitrogens with zero attached hydrogens (tertiary/aromatic N) is 4. The van der Waals surface area contributed by atoms with Crippen LogP contribution in [0.3, 0.4) is 0 Å². The summed E-state index contributed by atoms with van der Waals surface area (Å²) in [5.74, 6) is 1.12. The molecule has 18 heavy (non-hydrogen) atoms. The van der Waals surface area contributed by atoms with Crippen LogP contribution >= 0.6 is 15.9 Å². The molecule has 0 bridgehead atoms. The Labute approximate surface area is 115 Å². The summed E-state index contributed by atoms with van der Waals surface area (Å²) in [7, 11) is 3.73. The minimum Gasteiger partial charge on any atom is -0.319 e. The molecular weight excluding hydrogens is 294 g/mol. The average Bonchev–Trinajstić information content (AvgIpc) is 2.74. The van der Waals surface area contributed by atoms with E-state index in [0.29, 0.717) is 5.92 Å². The van der Waals surface area contributed by atoms with Crippen LogP contribution in [0.15, 0.2) is 28.7 Å². The maximum Gasteiger partial charge on any atom is 0.175 e. The van der Waals surface area contributed by atoms with E-state index in [-0.39, 0.29) is 0 Å². The van der Waals surface area contributed by atoms with Gasteiger partial charge in [-0.05, 0) is 30.0 Å². The number of hydrogen-bond acceptors (Lipinski definition) is 4. The third-order valence-electron chi connectivity index (χ3n) is 2.75. The first-order valence-corrected chi connectivity index (χ1v) is 6.61. The van der Waals surface area contributed by atoms with Crippen molar-refractivity contribution in [3.63, 3.8) is 0 Å². The van der Waals surface area contributed by atoms with E-state index in [1.807, 2.05) is 19.2 Å². The molecule has 0 spiro atoms. The lowest BCUT2D eigenvalue weighted by molar-refractivity contribution is 0.599. The zero-order valence-corrected chi connectivity index (χ0v) is 12.1. The lowest BCUT2D eigenvalue weighted by atomic mass is 9.95. The summed E-state index contributed by atoms with van der Waals surface area (Å²) in [5, 5.41) is 15.4. The molecule has 0 radical (unpaired) electrons. The number of rotatable bonds is 5. The van der Waals surface area contributed by atoms with Gasteiger partial charge in [-0.1, -0.05) is 28.1 Å². The van der Waals surface area contributed by atoms with Gasteiger partial charge in [-0.2, -0.15) is 4.80 Å². The number of halogens is 1. The maximum atomic E-state index is 4.24. The molecule has 1 N–H and O–H groups in total. The van der Waals surface area contributed by atoms with Gasteiger partial charge >= 0.3 is 0 Å². The van der Waals surface area contributed by atoms with Crippen molar-refractivity contribution in [1.82, 2.24) is 25.5 Å². The zero-order chi connectivity index (χ0) is 13.0. The number of likely N-dealkylation sites (N-methyl/N-ethyl adjacent to an activating group) is 1. The Balaban J connectivity index is 2.17. The Hall–Kier alpha value is -1.27. The number of aromatic nitrogens is 4. The molecule has 2 rings (SSSR count). The second-order valence-electron chi connectivity index (χ2n) is 4.21. The van der Waals surface area contributed by atoms with Crippen LogP contribution in [-0.2, 0) is 13.5 Å². The molecular formula is C12H16BrN5. The Morgan fingerprint density at radius 1 is 1.44 bits per heavy atom. The minimum atomic E-state index is 0.344. The van der Waals surface area contributed by atoms with Gasteiger partial charge in [0, 0.05) is 23.4 Å². The fraction of sp³-hybridized carbons (Fsp3) is 0.417. The van der Waals surface area contributed by atoms with Gasteiger partial charge in [-0.25, -0.2) is 0 Å². The van der Waals surface area contributed by atoms with Gasteiger partial charge in [0.05, 0.1) is 7.05 Å². The highest BCUT2D eigenvalue weighted by Gasteiger charge is 2.14. The highest BCUT2D eigenvalue weighted by molar-refractivity contribution is 9.10. The van der Waals surface area contributed by atoms with Crippen LogP contribution in [0.25, 0.3) is 0 Å². The SMILES string of the molecule is CNCC(Cc1nnn(C)n1)c1cccc(Br)c1. The molecule has 0 aliphatic rings. The second-order valence-corrected chi connectivity index (χ2v) is 5.12. The summed E-state index contributed by atoms with van der Waals surface area (Å²) < 4.78 is 1.09. The Kier molecular flexibility index (Phi) is 4.43. The highest BCUT2D eigenvalue weighted by Crippen LogP contribution is 2.22. The first-order chi connectivity index (χ1) is 8.69. The molecule has 0 amide bonds. The van der Waals surface area contributed by atoms with E-state index in [4.69, 9.17) is 0 Å². The predicted molar refractivity (Wildman–Crippen MR) is 73.3 cm³/mol. The van der Waals surface area contributed by atoms with E-state index >= 15 is 0 Å². The largest absolute Gasteiger partial charge is 0.319 e. The van der Waals surface area contributed by atoms with Crippen LogP contribution in [0.5, 0.6) is 0 Å². The topological polar surface area (TPSA) is 55.6 Å². The molecule has 0 saturated heterocycles. The summed E-state index contributed by atoms with van der Waals surface area (Å²) in [6, 6.07) is 8.34. The lowest BCUT2D eigenvalue weighted by Crippen LogP contribution is -2.19. The van der Waals surface area contributed by atoms with Gasteiger partial charge in [0.1, 0.15) is 0 Å². The minimum absolute atomic E-state index is 0.344. The summed E-state index contributed by atoms with van der Waals surface area (Å²) >= 11 is 3.50. The molecule has 2 aromatic rings. The van der Waals surface area contributed by atoms with E-state index in [9.17, 15) is 0 Å². The highest BCUT2D eigenvalue weighted by atomic mass is 79.9. The molecule has 1 aromatic carbocycles. The van der Waals surface area contributed by atoms with Crippen LogP contribution in [-0.4, -0.2) is 33.8 Å². The molecule has 1 atom stereocenters. The van der Waals surface area contributed by atoms with Crippen molar-refractivity contribution in [3.8, 4) is 0 Å². The van der Waals surface area contributed by atoms with Gasteiger partial charge in [-0.3, -0.25) is 0 Å².